The number of amides is 2. The zero-order valence-corrected chi connectivity index (χ0v) is 26.1. The van der Waals surface area contributed by atoms with Crippen LogP contribution in [0.2, 0.25) is 0 Å². The first kappa shape index (κ1) is 33.2. The van der Waals surface area contributed by atoms with Gasteiger partial charge in [0.05, 0.1) is 23.3 Å². The Bertz CT molecular complexity index is 1310. The van der Waals surface area contributed by atoms with Crippen LogP contribution in [0.3, 0.4) is 0 Å². The Kier molecular flexibility index (Phi) is 12.5. The molecule has 1 aliphatic rings. The Labute approximate surface area is 259 Å². The minimum Gasteiger partial charge on any atom is -0.493 e. The highest BCUT2D eigenvalue weighted by Crippen LogP contribution is 2.37. The smallest absolute Gasteiger partial charge is 0.247 e. The van der Waals surface area contributed by atoms with Gasteiger partial charge >= 0.3 is 0 Å². The molecule has 3 N–H and O–H groups in total. The van der Waals surface area contributed by atoms with Gasteiger partial charge in [-0.2, -0.15) is 0 Å². The maximum Gasteiger partial charge on any atom is 0.247 e. The second kappa shape index (κ2) is 15.8. The lowest BCUT2D eigenvalue weighted by molar-refractivity contribution is -0.139. The van der Waals surface area contributed by atoms with E-state index in [0.29, 0.717) is 21.8 Å². The summed E-state index contributed by atoms with van der Waals surface area (Å²) in [5, 5.41) is 23.6. The molecule has 1 aliphatic carbocycles. The normalized spacial score (nSPS) is 18.0. The van der Waals surface area contributed by atoms with Crippen LogP contribution < -0.4 is 14.8 Å². The highest BCUT2D eigenvalue weighted by Gasteiger charge is 2.41. The molecule has 0 fully saturated rings. The molecule has 2 aromatic carbocycles. The van der Waals surface area contributed by atoms with E-state index in [1.807, 2.05) is 53.8 Å². The summed E-state index contributed by atoms with van der Waals surface area (Å²) >= 11 is 2.00. The lowest BCUT2D eigenvalue weighted by Crippen LogP contribution is -2.54. The number of nitrogens with zero attached hydrogens (tertiary/aromatic N) is 1. The van der Waals surface area contributed by atoms with Crippen molar-refractivity contribution < 1.29 is 38.9 Å². The highest BCUT2D eigenvalue weighted by molar-refractivity contribution is 14.1. The van der Waals surface area contributed by atoms with Crippen molar-refractivity contribution in [1.29, 1.82) is 0 Å². The molecule has 2 amide bonds. The maximum atomic E-state index is 13.6. The zero-order chi connectivity index (χ0) is 30.8. The predicted octanol–water partition coefficient (Wildman–Crippen LogP) is 3.12. The minimum atomic E-state index is -1.24. The van der Waals surface area contributed by atoms with Gasteiger partial charge in [-0.15, -0.1) is 0 Å². The summed E-state index contributed by atoms with van der Waals surface area (Å²) in [6.07, 6.45) is 0.648. The Morgan fingerprint density at radius 3 is 2.50 bits per heavy atom. The largest absolute Gasteiger partial charge is 0.493 e. The van der Waals surface area contributed by atoms with Gasteiger partial charge in [0, 0.05) is 43.5 Å². The molecule has 0 radical (unpaired) electrons. The van der Waals surface area contributed by atoms with Crippen LogP contribution in [0.5, 0.6) is 11.5 Å². The first-order valence-corrected chi connectivity index (χ1v) is 14.8. The van der Waals surface area contributed by atoms with Crippen molar-refractivity contribution in [2.24, 2.45) is 0 Å². The number of aliphatic hydroxyl groups excluding tert-OH is 2. The minimum absolute atomic E-state index is 0.0195. The van der Waals surface area contributed by atoms with E-state index in [1.165, 1.54) is 26.2 Å². The summed E-state index contributed by atoms with van der Waals surface area (Å²) < 4.78 is 12.3. The van der Waals surface area contributed by atoms with E-state index in [0.717, 1.165) is 11.1 Å². The van der Waals surface area contributed by atoms with Crippen LogP contribution in [0.25, 0.3) is 0 Å². The molecule has 0 aromatic heterocycles. The Morgan fingerprint density at radius 1 is 1.17 bits per heavy atom. The van der Waals surface area contributed by atoms with Crippen LogP contribution in [-0.4, -0.2) is 77.5 Å². The van der Waals surface area contributed by atoms with Crippen molar-refractivity contribution >= 4 is 46.5 Å². The number of hydrogen-bond donors (Lipinski definition) is 3. The van der Waals surface area contributed by atoms with E-state index in [1.54, 1.807) is 11.0 Å². The number of benzene rings is 2. The molecule has 0 spiro atoms. The number of rotatable bonds is 14. The number of aryl methyl sites for hydroxylation is 1. The van der Waals surface area contributed by atoms with Crippen molar-refractivity contribution in [3.8, 4) is 11.5 Å². The van der Waals surface area contributed by atoms with Gasteiger partial charge in [-0.3, -0.25) is 14.4 Å². The molecule has 11 heteroatoms. The van der Waals surface area contributed by atoms with Crippen molar-refractivity contribution in [1.82, 2.24) is 10.2 Å². The zero-order valence-electron chi connectivity index (χ0n) is 24.0. The summed E-state index contributed by atoms with van der Waals surface area (Å²) in [4.78, 5) is 51.2. The Morgan fingerprint density at radius 2 is 1.88 bits per heavy atom. The molecule has 42 heavy (non-hydrogen) atoms. The molecule has 3 atom stereocenters. The van der Waals surface area contributed by atoms with Gasteiger partial charge in [0.25, 0.3) is 0 Å². The lowest BCUT2D eigenvalue weighted by Gasteiger charge is -2.41. The van der Waals surface area contributed by atoms with Gasteiger partial charge in [0.1, 0.15) is 24.3 Å². The molecule has 0 saturated carbocycles. The number of aldehydes is 1. The fourth-order valence-electron chi connectivity index (χ4n) is 4.75. The first-order valence-electron chi connectivity index (χ1n) is 13.7. The van der Waals surface area contributed by atoms with Gasteiger partial charge < -0.3 is 34.7 Å². The number of methoxy groups -OCH3 is 1. The second-order valence-electron chi connectivity index (χ2n) is 10.2. The van der Waals surface area contributed by atoms with Gasteiger partial charge in [0.15, 0.2) is 11.5 Å². The summed E-state index contributed by atoms with van der Waals surface area (Å²) in [6, 6.07) is 9.95. The summed E-state index contributed by atoms with van der Waals surface area (Å²) in [6.45, 7) is 3.39. The van der Waals surface area contributed by atoms with Crippen molar-refractivity contribution in [3.63, 3.8) is 0 Å². The number of aliphatic hydroxyl groups is 2. The van der Waals surface area contributed by atoms with Crippen LogP contribution >= 0.6 is 22.6 Å². The molecule has 3 rings (SSSR count). The highest BCUT2D eigenvalue weighted by atomic mass is 127. The number of halogens is 1. The van der Waals surface area contributed by atoms with Gasteiger partial charge in [-0.25, -0.2) is 0 Å². The quantitative estimate of drug-likeness (QED) is 0.203. The average Bonchev–Trinajstić information content (AvgIpc) is 2.97. The molecule has 226 valence electrons. The average molecular weight is 693 g/mol. The molecule has 0 aliphatic heterocycles. The third kappa shape index (κ3) is 8.85. The predicted molar refractivity (Wildman–Crippen MR) is 164 cm³/mol. The van der Waals surface area contributed by atoms with Crippen molar-refractivity contribution in [3.05, 3.63) is 68.3 Å². The van der Waals surface area contributed by atoms with E-state index in [4.69, 9.17) is 9.47 Å². The van der Waals surface area contributed by atoms with E-state index < -0.39 is 24.2 Å². The van der Waals surface area contributed by atoms with Crippen LogP contribution in [0, 0.1) is 10.5 Å². The maximum absolute atomic E-state index is 13.6. The first-order chi connectivity index (χ1) is 20.1. The van der Waals surface area contributed by atoms with Gasteiger partial charge in [-0.1, -0.05) is 29.8 Å². The fraction of sp³-hybridized carbons (Fsp3) is 0.419. The van der Waals surface area contributed by atoms with Crippen LogP contribution in [-0.2, 0) is 20.9 Å². The molecule has 2 aromatic rings. The molecule has 0 bridgehead atoms. The van der Waals surface area contributed by atoms with Crippen LogP contribution in [0.15, 0.2) is 48.0 Å². The molecule has 3 unspecified atom stereocenters. The van der Waals surface area contributed by atoms with Crippen LogP contribution in [0.1, 0.15) is 54.1 Å². The second-order valence-corrected chi connectivity index (χ2v) is 11.4. The van der Waals surface area contributed by atoms with E-state index in [2.05, 4.69) is 5.32 Å². The number of Topliss-reactive ketones (excluding diaryl/α,β-unsaturated/α-hetero) is 1. The summed E-state index contributed by atoms with van der Waals surface area (Å²) in [7, 11) is 1.43. The monoisotopic (exact) mass is 692 g/mol. The fourth-order valence-corrected chi connectivity index (χ4v) is 5.50. The number of ether oxygens (including phenoxy) is 2. The lowest BCUT2D eigenvalue weighted by atomic mass is 9.87. The Hall–Kier alpha value is -3.29. The SMILES string of the molecule is COc1cc(C=O)cc(I)c1OC1C=C(C(=O)NCCO)CC(N(Cc2ccc(C)cc2)C(=O)CCCC(C)=O)C1O. The molecular formula is C31H37IN2O8. The topological polar surface area (TPSA) is 142 Å². The number of carbonyl (C=O) groups is 4. The van der Waals surface area contributed by atoms with Crippen molar-refractivity contribution in [2.75, 3.05) is 20.3 Å². The summed E-state index contributed by atoms with van der Waals surface area (Å²) in [5.74, 6) is -0.188. The van der Waals surface area contributed by atoms with Crippen LogP contribution in [0.4, 0.5) is 0 Å². The third-order valence-electron chi connectivity index (χ3n) is 6.97. The number of nitrogens with one attached hydrogen (secondary N) is 1. The van der Waals surface area contributed by atoms with E-state index in [9.17, 15) is 29.4 Å². The standard InChI is InChI=1S/C31H37IN2O8/c1-19-7-9-21(10-8-19)17-34(28(38)6-4-5-20(2)37)25-15-23(31(40)33-11-12-35)16-26(29(25)39)42-30-24(32)13-22(18-36)14-27(30)41-3/h7-10,13-14,16,18,25-26,29,35,39H,4-6,11-12,15,17H2,1-3H3,(H,33,40). The molecule has 10 nitrogen and oxygen atoms in total. The Balaban J connectivity index is 2.03. The van der Waals surface area contributed by atoms with E-state index in [-0.39, 0.29) is 67.7 Å². The number of ketones is 1. The molecule has 0 saturated heterocycles. The van der Waals surface area contributed by atoms with Crippen molar-refractivity contribution in [2.45, 2.75) is 64.3 Å². The number of hydrogen-bond acceptors (Lipinski definition) is 8. The number of carbonyl (C=O) groups excluding carboxylic acids is 4. The molecular weight excluding hydrogens is 655 g/mol. The summed E-state index contributed by atoms with van der Waals surface area (Å²) in [5.41, 5.74) is 2.56. The third-order valence-corrected chi connectivity index (χ3v) is 7.77. The van der Waals surface area contributed by atoms with Gasteiger partial charge in [-0.05, 0) is 66.6 Å². The molecule has 0 heterocycles. The van der Waals surface area contributed by atoms with E-state index >= 15 is 0 Å². The van der Waals surface area contributed by atoms with Gasteiger partial charge in [0.2, 0.25) is 11.8 Å².